The predicted octanol–water partition coefficient (Wildman–Crippen LogP) is 4.06. The van der Waals surface area contributed by atoms with E-state index in [0.717, 1.165) is 0 Å². The lowest BCUT2D eigenvalue weighted by molar-refractivity contribution is -0.0239. The zero-order chi connectivity index (χ0) is 26.1. The SMILES string of the molecule is CC(C)(C)C(O)CC(O)C(C)(C)C.O=S(=O)(O)c1ccccc1.O=S(=O)(O)c1ccccc1. The molecule has 2 unspecified atom stereocenters. The summed E-state index contributed by atoms with van der Waals surface area (Å²) in [6.07, 6.45) is -0.434. The number of hydrogen-bond donors (Lipinski definition) is 4. The molecule has 0 aliphatic rings. The zero-order valence-corrected chi connectivity index (χ0v) is 21.5. The second-order valence-electron chi connectivity index (χ2n) is 9.58. The van der Waals surface area contributed by atoms with Crippen LogP contribution in [0.25, 0.3) is 0 Å². The van der Waals surface area contributed by atoms with Gasteiger partial charge >= 0.3 is 0 Å². The smallest absolute Gasteiger partial charge is 0.294 e. The van der Waals surface area contributed by atoms with Gasteiger partial charge in [-0.3, -0.25) is 9.11 Å². The Kier molecular flexibility index (Phi) is 11.9. The van der Waals surface area contributed by atoms with E-state index in [1.54, 1.807) is 36.4 Å². The third-order valence-electron chi connectivity index (χ3n) is 4.53. The largest absolute Gasteiger partial charge is 0.392 e. The third kappa shape index (κ3) is 13.5. The normalized spacial score (nSPS) is 14.1. The summed E-state index contributed by atoms with van der Waals surface area (Å²) in [6, 6.07) is 14.8. The van der Waals surface area contributed by atoms with Crippen molar-refractivity contribution in [1.82, 2.24) is 0 Å². The molecule has 0 spiro atoms. The van der Waals surface area contributed by atoms with Gasteiger partial charge in [-0.05, 0) is 35.1 Å². The van der Waals surface area contributed by atoms with Crippen molar-refractivity contribution in [1.29, 1.82) is 0 Å². The van der Waals surface area contributed by atoms with E-state index in [1.165, 1.54) is 24.3 Å². The zero-order valence-electron chi connectivity index (χ0n) is 19.9. The van der Waals surface area contributed by atoms with Crippen LogP contribution in [-0.4, -0.2) is 48.4 Å². The maximum Gasteiger partial charge on any atom is 0.294 e. The fourth-order valence-electron chi connectivity index (χ4n) is 2.10. The molecule has 0 saturated heterocycles. The Labute approximate surface area is 197 Å². The quantitative estimate of drug-likeness (QED) is 0.455. The average molecular weight is 505 g/mol. The van der Waals surface area contributed by atoms with Gasteiger partial charge in [0.05, 0.1) is 22.0 Å². The van der Waals surface area contributed by atoms with Crippen molar-refractivity contribution in [3.63, 3.8) is 0 Å². The highest BCUT2D eigenvalue weighted by atomic mass is 32.2. The Morgan fingerprint density at radius 2 is 0.848 bits per heavy atom. The van der Waals surface area contributed by atoms with Crippen LogP contribution in [0.3, 0.4) is 0 Å². The Morgan fingerprint density at radius 3 is 1.00 bits per heavy atom. The van der Waals surface area contributed by atoms with Crippen LogP contribution in [0.4, 0.5) is 0 Å². The number of hydrogen-bond acceptors (Lipinski definition) is 6. The van der Waals surface area contributed by atoms with Gasteiger partial charge in [0.1, 0.15) is 0 Å². The van der Waals surface area contributed by atoms with Crippen LogP contribution >= 0.6 is 0 Å². The molecule has 188 valence electrons. The van der Waals surface area contributed by atoms with E-state index in [9.17, 15) is 27.0 Å². The first kappa shape index (κ1) is 31.2. The highest BCUT2D eigenvalue weighted by molar-refractivity contribution is 7.86. The van der Waals surface area contributed by atoms with E-state index in [-0.39, 0.29) is 20.6 Å². The molecular weight excluding hydrogens is 468 g/mol. The summed E-state index contributed by atoms with van der Waals surface area (Å²) in [6.45, 7) is 11.9. The summed E-state index contributed by atoms with van der Waals surface area (Å²) in [7, 11) is -8.01. The molecule has 2 aromatic rings. The number of benzene rings is 2. The van der Waals surface area contributed by atoms with Crippen molar-refractivity contribution < 1.29 is 36.2 Å². The molecule has 0 fully saturated rings. The Bertz CT molecular complexity index is 936. The van der Waals surface area contributed by atoms with Gasteiger partial charge in [-0.25, -0.2) is 0 Å². The molecule has 4 N–H and O–H groups in total. The van der Waals surface area contributed by atoms with E-state index in [1.807, 2.05) is 41.5 Å². The minimum absolute atomic E-state index is 0.0741. The molecule has 0 radical (unpaired) electrons. The second kappa shape index (κ2) is 12.6. The van der Waals surface area contributed by atoms with Crippen LogP contribution in [-0.2, 0) is 20.2 Å². The molecule has 0 aliphatic carbocycles. The summed E-state index contributed by atoms with van der Waals surface area (Å²) >= 11 is 0. The molecule has 0 heterocycles. The molecular formula is C23H36O8S2. The number of aliphatic hydroxyl groups excluding tert-OH is 2. The fourth-order valence-corrected chi connectivity index (χ4v) is 3.11. The molecule has 0 aromatic heterocycles. The van der Waals surface area contributed by atoms with Crippen LogP contribution in [0, 0.1) is 10.8 Å². The van der Waals surface area contributed by atoms with Crippen molar-refractivity contribution in [2.24, 2.45) is 10.8 Å². The third-order valence-corrected chi connectivity index (χ3v) is 6.26. The van der Waals surface area contributed by atoms with Crippen LogP contribution in [0.2, 0.25) is 0 Å². The first-order chi connectivity index (χ1) is 14.8. The van der Waals surface area contributed by atoms with Gasteiger partial charge in [0.15, 0.2) is 0 Å². The van der Waals surface area contributed by atoms with E-state index in [4.69, 9.17) is 9.11 Å². The molecule has 0 saturated carbocycles. The number of aliphatic hydroxyl groups is 2. The van der Waals surface area contributed by atoms with Crippen LogP contribution < -0.4 is 0 Å². The van der Waals surface area contributed by atoms with Gasteiger partial charge in [0.25, 0.3) is 20.2 Å². The summed E-state index contributed by atoms with van der Waals surface area (Å²) < 4.78 is 58.5. The Morgan fingerprint density at radius 1 is 0.606 bits per heavy atom. The molecule has 2 rings (SSSR count). The molecule has 0 amide bonds. The van der Waals surface area contributed by atoms with Crippen molar-refractivity contribution in [2.45, 2.75) is 70.0 Å². The Balaban J connectivity index is 0.000000470. The molecule has 2 atom stereocenters. The Hall–Kier alpha value is -1.82. The maximum atomic E-state index is 10.4. The van der Waals surface area contributed by atoms with Crippen molar-refractivity contribution in [3.8, 4) is 0 Å². The predicted molar refractivity (Wildman–Crippen MR) is 128 cm³/mol. The van der Waals surface area contributed by atoms with E-state index in [2.05, 4.69) is 0 Å². The van der Waals surface area contributed by atoms with Crippen LogP contribution in [0.1, 0.15) is 48.0 Å². The van der Waals surface area contributed by atoms with E-state index in [0.29, 0.717) is 6.42 Å². The van der Waals surface area contributed by atoms with Gasteiger partial charge in [0.2, 0.25) is 0 Å². The minimum Gasteiger partial charge on any atom is -0.392 e. The van der Waals surface area contributed by atoms with Crippen molar-refractivity contribution in [2.75, 3.05) is 0 Å². The van der Waals surface area contributed by atoms with Crippen LogP contribution in [0.15, 0.2) is 70.5 Å². The summed E-state index contributed by atoms with van der Waals surface area (Å²) in [4.78, 5) is -0.148. The maximum absolute atomic E-state index is 10.4. The summed E-state index contributed by atoms with van der Waals surface area (Å²) in [5, 5.41) is 19.5. The van der Waals surface area contributed by atoms with Crippen molar-refractivity contribution in [3.05, 3.63) is 60.7 Å². The summed E-state index contributed by atoms with van der Waals surface area (Å²) in [5.41, 5.74) is -0.293. The van der Waals surface area contributed by atoms with E-state index < -0.39 is 32.4 Å². The topological polar surface area (TPSA) is 149 Å². The van der Waals surface area contributed by atoms with Gasteiger partial charge in [-0.1, -0.05) is 77.9 Å². The van der Waals surface area contributed by atoms with Gasteiger partial charge < -0.3 is 10.2 Å². The lowest BCUT2D eigenvalue weighted by Crippen LogP contribution is -2.35. The standard InChI is InChI=1S/C11H24O2.2C6H6O3S/c1-10(2,3)8(12)7-9(13)11(4,5)6;2*7-10(8,9)6-4-2-1-3-5-6/h8-9,12-13H,7H2,1-6H3;2*1-5H,(H,7,8,9). The molecule has 10 heteroatoms. The highest BCUT2D eigenvalue weighted by Crippen LogP contribution is 2.28. The van der Waals surface area contributed by atoms with Gasteiger partial charge in [-0.2, -0.15) is 16.8 Å². The molecule has 2 aromatic carbocycles. The van der Waals surface area contributed by atoms with Gasteiger partial charge in [0, 0.05) is 6.42 Å². The molecule has 8 nitrogen and oxygen atoms in total. The molecule has 0 bridgehead atoms. The van der Waals surface area contributed by atoms with Crippen LogP contribution in [0.5, 0.6) is 0 Å². The fraction of sp³-hybridized carbons (Fsp3) is 0.478. The van der Waals surface area contributed by atoms with Crippen molar-refractivity contribution >= 4 is 20.2 Å². The van der Waals surface area contributed by atoms with Gasteiger partial charge in [-0.15, -0.1) is 0 Å². The minimum atomic E-state index is -4.00. The summed E-state index contributed by atoms with van der Waals surface area (Å²) in [5.74, 6) is 0. The lowest BCUT2D eigenvalue weighted by atomic mass is 9.79. The van der Waals surface area contributed by atoms with E-state index >= 15 is 0 Å². The second-order valence-corrected chi connectivity index (χ2v) is 12.4. The molecule has 33 heavy (non-hydrogen) atoms. The number of rotatable bonds is 4. The highest BCUT2D eigenvalue weighted by Gasteiger charge is 2.30. The lowest BCUT2D eigenvalue weighted by Gasteiger charge is -2.32. The molecule has 0 aliphatic heterocycles. The first-order valence-electron chi connectivity index (χ1n) is 10.2. The monoisotopic (exact) mass is 504 g/mol. The average Bonchev–Trinajstić information content (AvgIpc) is 2.67. The first-order valence-corrected chi connectivity index (χ1v) is 13.1.